The van der Waals surface area contributed by atoms with E-state index in [-0.39, 0.29) is 18.3 Å². The lowest BCUT2D eigenvalue weighted by Crippen LogP contribution is -2.04. The fourth-order valence-corrected chi connectivity index (χ4v) is 2.65. The first-order chi connectivity index (χ1) is 12.2. The van der Waals surface area contributed by atoms with Crippen molar-refractivity contribution in [2.75, 3.05) is 7.11 Å². The number of benzene rings is 1. The molecular formula is C19H19NO5. The Bertz CT molecular complexity index is 877. The van der Waals surface area contributed by atoms with Crippen LogP contribution in [0.4, 0.5) is 0 Å². The molecule has 0 amide bonds. The van der Waals surface area contributed by atoms with Gasteiger partial charge in [0.05, 0.1) is 7.11 Å². The summed E-state index contributed by atoms with van der Waals surface area (Å²) in [5.41, 5.74) is 2.29. The Morgan fingerprint density at radius 3 is 2.84 bits per heavy atom. The van der Waals surface area contributed by atoms with Gasteiger partial charge in [-0.1, -0.05) is 18.2 Å². The smallest absolute Gasteiger partial charge is 0.373 e. The lowest BCUT2D eigenvalue weighted by atomic mass is 10.1. The van der Waals surface area contributed by atoms with E-state index in [1.165, 1.54) is 24.1 Å². The summed E-state index contributed by atoms with van der Waals surface area (Å²) in [6.07, 6.45) is 3.80. The summed E-state index contributed by atoms with van der Waals surface area (Å²) in [6, 6.07) is 11.2. The Labute approximate surface area is 144 Å². The summed E-state index contributed by atoms with van der Waals surface area (Å²) in [5.74, 6) is -0.356. The number of aromatic amines is 1. The number of nitrogens with one attached hydrogen (secondary N) is 1. The molecule has 130 valence electrons. The Balaban J connectivity index is 1.44. The van der Waals surface area contributed by atoms with Gasteiger partial charge in [0.15, 0.2) is 0 Å². The van der Waals surface area contributed by atoms with Crippen LogP contribution in [0, 0.1) is 0 Å². The van der Waals surface area contributed by atoms with Gasteiger partial charge in [-0.3, -0.25) is 4.79 Å². The van der Waals surface area contributed by atoms with Crippen LogP contribution in [0.2, 0.25) is 0 Å². The lowest BCUT2D eigenvalue weighted by Gasteiger charge is -2.03. The van der Waals surface area contributed by atoms with Crippen LogP contribution < -0.4 is 0 Å². The second-order valence-corrected chi connectivity index (χ2v) is 5.63. The SMILES string of the molecule is COC(=O)c1ccc(COC(=O)CCCc2c[nH]c3ccccc23)o1. The molecule has 0 atom stereocenters. The molecule has 3 aromatic rings. The molecule has 0 spiro atoms. The van der Waals surface area contributed by atoms with Gasteiger partial charge in [-0.15, -0.1) is 0 Å². The van der Waals surface area contributed by atoms with Crippen LogP contribution in [0.15, 0.2) is 47.0 Å². The Morgan fingerprint density at radius 1 is 1.16 bits per heavy atom. The zero-order valence-corrected chi connectivity index (χ0v) is 13.9. The fraction of sp³-hybridized carbons (Fsp3) is 0.263. The fourth-order valence-electron chi connectivity index (χ4n) is 2.65. The van der Waals surface area contributed by atoms with Crippen LogP contribution in [0.5, 0.6) is 0 Å². The van der Waals surface area contributed by atoms with Gasteiger partial charge < -0.3 is 18.9 Å². The number of H-pyrrole nitrogens is 1. The standard InChI is InChI=1S/C19H19NO5/c1-23-19(22)17-10-9-14(25-17)12-24-18(21)8-4-5-13-11-20-16-7-3-2-6-15(13)16/h2-3,6-7,9-11,20H,4-5,8,12H2,1H3. The number of aromatic nitrogens is 1. The highest BCUT2D eigenvalue weighted by Crippen LogP contribution is 2.19. The first kappa shape index (κ1) is 16.8. The predicted octanol–water partition coefficient (Wildman–Crippen LogP) is 3.61. The maximum absolute atomic E-state index is 11.8. The monoisotopic (exact) mass is 341 g/mol. The van der Waals surface area contributed by atoms with E-state index in [4.69, 9.17) is 9.15 Å². The van der Waals surface area contributed by atoms with Gasteiger partial charge in [0.25, 0.3) is 0 Å². The molecule has 0 radical (unpaired) electrons. The molecule has 1 aromatic carbocycles. The number of ether oxygens (including phenoxy) is 2. The number of esters is 2. The zero-order chi connectivity index (χ0) is 17.6. The number of aryl methyl sites for hydroxylation is 1. The third-order valence-electron chi connectivity index (χ3n) is 3.93. The minimum Gasteiger partial charge on any atom is -0.463 e. The highest BCUT2D eigenvalue weighted by Gasteiger charge is 2.12. The molecule has 0 saturated heterocycles. The van der Waals surface area contributed by atoms with Crippen LogP contribution in [-0.4, -0.2) is 24.0 Å². The van der Waals surface area contributed by atoms with Crippen molar-refractivity contribution in [2.45, 2.75) is 25.9 Å². The number of hydrogen-bond acceptors (Lipinski definition) is 5. The predicted molar refractivity (Wildman–Crippen MR) is 91.1 cm³/mol. The number of fused-ring (bicyclic) bond motifs is 1. The van der Waals surface area contributed by atoms with Gasteiger partial charge in [0, 0.05) is 23.5 Å². The number of methoxy groups -OCH3 is 1. The Kier molecular flexibility index (Phi) is 5.18. The third kappa shape index (κ3) is 4.09. The summed E-state index contributed by atoms with van der Waals surface area (Å²) in [4.78, 5) is 26.4. The van der Waals surface area contributed by atoms with Gasteiger partial charge in [-0.05, 0) is 36.6 Å². The highest BCUT2D eigenvalue weighted by molar-refractivity contribution is 5.86. The molecule has 0 aliphatic carbocycles. The molecule has 0 bridgehead atoms. The summed E-state index contributed by atoms with van der Waals surface area (Å²) < 4.78 is 15.0. The van der Waals surface area contributed by atoms with Crippen molar-refractivity contribution in [3.05, 3.63) is 59.7 Å². The second-order valence-electron chi connectivity index (χ2n) is 5.63. The number of hydrogen-bond donors (Lipinski definition) is 1. The molecule has 6 heteroatoms. The van der Waals surface area contributed by atoms with Crippen molar-refractivity contribution in [3.8, 4) is 0 Å². The molecule has 3 rings (SSSR count). The normalized spacial score (nSPS) is 10.8. The maximum atomic E-state index is 11.8. The average molecular weight is 341 g/mol. The van der Waals surface area contributed by atoms with E-state index in [0.29, 0.717) is 18.6 Å². The van der Waals surface area contributed by atoms with Crippen molar-refractivity contribution >= 4 is 22.8 Å². The van der Waals surface area contributed by atoms with E-state index < -0.39 is 5.97 Å². The number of rotatable bonds is 7. The van der Waals surface area contributed by atoms with Crippen molar-refractivity contribution in [1.29, 1.82) is 0 Å². The molecule has 0 fully saturated rings. The molecule has 0 aliphatic heterocycles. The van der Waals surface area contributed by atoms with E-state index in [1.807, 2.05) is 24.4 Å². The zero-order valence-electron chi connectivity index (χ0n) is 13.9. The molecule has 0 aliphatic rings. The van der Waals surface area contributed by atoms with Crippen molar-refractivity contribution in [2.24, 2.45) is 0 Å². The van der Waals surface area contributed by atoms with Crippen molar-refractivity contribution < 1.29 is 23.5 Å². The van der Waals surface area contributed by atoms with Gasteiger partial charge in [-0.2, -0.15) is 0 Å². The first-order valence-electron chi connectivity index (χ1n) is 8.05. The molecular weight excluding hydrogens is 322 g/mol. The average Bonchev–Trinajstić information content (AvgIpc) is 3.27. The molecule has 2 heterocycles. The molecule has 6 nitrogen and oxygen atoms in total. The molecule has 2 aromatic heterocycles. The minimum absolute atomic E-state index is 0.00289. The topological polar surface area (TPSA) is 81.5 Å². The van der Waals surface area contributed by atoms with Crippen LogP contribution in [0.1, 0.15) is 34.7 Å². The van der Waals surface area contributed by atoms with Gasteiger partial charge in [0.2, 0.25) is 5.76 Å². The van der Waals surface area contributed by atoms with Gasteiger partial charge in [0.1, 0.15) is 12.4 Å². The Hall–Kier alpha value is -3.02. The van der Waals surface area contributed by atoms with Crippen molar-refractivity contribution in [1.82, 2.24) is 4.98 Å². The van der Waals surface area contributed by atoms with Crippen LogP contribution in [-0.2, 0) is 27.3 Å². The van der Waals surface area contributed by atoms with E-state index in [1.54, 1.807) is 6.07 Å². The summed E-state index contributed by atoms with van der Waals surface area (Å²) in [5, 5.41) is 1.18. The third-order valence-corrected chi connectivity index (χ3v) is 3.93. The highest BCUT2D eigenvalue weighted by atomic mass is 16.5. The lowest BCUT2D eigenvalue weighted by molar-refractivity contribution is -0.145. The largest absolute Gasteiger partial charge is 0.463 e. The van der Waals surface area contributed by atoms with E-state index >= 15 is 0 Å². The van der Waals surface area contributed by atoms with Crippen LogP contribution in [0.3, 0.4) is 0 Å². The molecule has 0 unspecified atom stereocenters. The second kappa shape index (κ2) is 7.70. The quantitative estimate of drug-likeness (QED) is 0.664. The maximum Gasteiger partial charge on any atom is 0.373 e. The molecule has 0 saturated carbocycles. The number of furan rings is 1. The molecule has 1 N–H and O–H groups in total. The van der Waals surface area contributed by atoms with Crippen LogP contribution >= 0.6 is 0 Å². The summed E-state index contributed by atoms with van der Waals surface area (Å²) in [7, 11) is 1.28. The number of carbonyl (C=O) groups excluding carboxylic acids is 2. The van der Waals surface area contributed by atoms with Crippen LogP contribution in [0.25, 0.3) is 10.9 Å². The minimum atomic E-state index is -0.559. The van der Waals surface area contributed by atoms with E-state index in [2.05, 4.69) is 15.8 Å². The van der Waals surface area contributed by atoms with Crippen molar-refractivity contribution in [3.63, 3.8) is 0 Å². The summed E-state index contributed by atoms with van der Waals surface area (Å²) in [6.45, 7) is 0.00289. The Morgan fingerprint density at radius 2 is 2.00 bits per heavy atom. The van der Waals surface area contributed by atoms with E-state index in [9.17, 15) is 9.59 Å². The van der Waals surface area contributed by atoms with E-state index in [0.717, 1.165) is 11.9 Å². The first-order valence-corrected chi connectivity index (χ1v) is 8.05. The summed E-state index contributed by atoms with van der Waals surface area (Å²) >= 11 is 0. The van der Waals surface area contributed by atoms with Gasteiger partial charge >= 0.3 is 11.9 Å². The van der Waals surface area contributed by atoms with Gasteiger partial charge in [-0.25, -0.2) is 4.79 Å². The molecule has 25 heavy (non-hydrogen) atoms. The number of para-hydroxylation sites is 1. The number of carbonyl (C=O) groups is 2.